The lowest BCUT2D eigenvalue weighted by atomic mass is 9.78. The third kappa shape index (κ3) is 3.98. The Morgan fingerprint density at radius 3 is 2.39 bits per heavy atom. The molecule has 0 radical (unpaired) electrons. The summed E-state index contributed by atoms with van der Waals surface area (Å²) in [6, 6.07) is 9.08. The molecule has 1 saturated carbocycles. The Bertz CT molecular complexity index is 808. The van der Waals surface area contributed by atoms with Gasteiger partial charge in [-0.1, -0.05) is 32.0 Å². The standard InChI is InChI=1S/C24H35N3O/c1-16(2)18-8-10-20(11-9-18)27-14-12-19(13-15-27)23-24(25-17(3)28)21-6-4-5-7-22(21)26-23/h4-7,16,18-20,26H,8-15H2,1-3H3,(H,25,28). The fourth-order valence-corrected chi connectivity index (χ4v) is 5.47. The average Bonchev–Trinajstić information content (AvgIpc) is 3.06. The zero-order valence-corrected chi connectivity index (χ0v) is 17.6. The number of nitrogens with zero attached hydrogens (tertiary/aromatic N) is 1. The Labute approximate surface area is 169 Å². The number of fused-ring (bicyclic) bond motifs is 1. The van der Waals surface area contributed by atoms with E-state index in [1.165, 1.54) is 57.3 Å². The summed E-state index contributed by atoms with van der Waals surface area (Å²) >= 11 is 0. The van der Waals surface area contributed by atoms with Gasteiger partial charge in [-0.2, -0.15) is 0 Å². The van der Waals surface area contributed by atoms with Gasteiger partial charge < -0.3 is 15.2 Å². The predicted molar refractivity (Wildman–Crippen MR) is 117 cm³/mol. The number of aromatic amines is 1. The first-order valence-electron chi connectivity index (χ1n) is 11.1. The number of amides is 1. The van der Waals surface area contributed by atoms with E-state index >= 15 is 0 Å². The highest BCUT2D eigenvalue weighted by Crippen LogP contribution is 2.39. The van der Waals surface area contributed by atoms with Gasteiger partial charge >= 0.3 is 0 Å². The highest BCUT2D eigenvalue weighted by atomic mass is 16.1. The molecule has 1 aromatic carbocycles. The molecule has 4 rings (SSSR count). The number of carbonyl (C=O) groups excluding carboxylic acids is 1. The first kappa shape index (κ1) is 19.5. The topological polar surface area (TPSA) is 48.1 Å². The zero-order chi connectivity index (χ0) is 19.7. The van der Waals surface area contributed by atoms with Crippen LogP contribution in [0.4, 0.5) is 5.69 Å². The second-order valence-electron chi connectivity index (χ2n) is 9.26. The second-order valence-corrected chi connectivity index (χ2v) is 9.26. The lowest BCUT2D eigenvalue weighted by Gasteiger charge is -2.41. The average molecular weight is 382 g/mol. The van der Waals surface area contributed by atoms with Crippen LogP contribution in [-0.2, 0) is 4.79 Å². The molecule has 1 aliphatic carbocycles. The monoisotopic (exact) mass is 381 g/mol. The molecule has 2 N–H and O–H groups in total. The van der Waals surface area contributed by atoms with Crippen LogP contribution in [0, 0.1) is 11.8 Å². The van der Waals surface area contributed by atoms with Gasteiger partial charge in [0, 0.05) is 35.5 Å². The van der Waals surface area contributed by atoms with Crippen molar-refractivity contribution in [2.75, 3.05) is 18.4 Å². The van der Waals surface area contributed by atoms with E-state index in [0.29, 0.717) is 5.92 Å². The minimum Gasteiger partial charge on any atom is -0.356 e. The summed E-state index contributed by atoms with van der Waals surface area (Å²) in [5.74, 6) is 2.27. The largest absolute Gasteiger partial charge is 0.356 e. The van der Waals surface area contributed by atoms with Crippen molar-refractivity contribution < 1.29 is 4.79 Å². The molecule has 152 valence electrons. The molecule has 4 heteroatoms. The molecule has 1 aliphatic heterocycles. The second kappa shape index (κ2) is 8.28. The SMILES string of the molecule is CC(=O)Nc1c(C2CCN(C3CCC(C(C)C)CC3)CC2)[nH]c2ccccc12. The van der Waals surface area contributed by atoms with E-state index < -0.39 is 0 Å². The van der Waals surface area contributed by atoms with Crippen molar-refractivity contribution in [3.8, 4) is 0 Å². The zero-order valence-electron chi connectivity index (χ0n) is 17.6. The van der Waals surface area contributed by atoms with E-state index in [4.69, 9.17) is 0 Å². The van der Waals surface area contributed by atoms with Crippen LogP contribution in [0.2, 0.25) is 0 Å². The van der Waals surface area contributed by atoms with E-state index in [1.807, 2.05) is 6.07 Å². The number of likely N-dealkylation sites (tertiary alicyclic amines) is 1. The Hall–Kier alpha value is -1.81. The van der Waals surface area contributed by atoms with Crippen molar-refractivity contribution in [1.29, 1.82) is 0 Å². The van der Waals surface area contributed by atoms with Crippen LogP contribution in [0.15, 0.2) is 24.3 Å². The molecule has 28 heavy (non-hydrogen) atoms. The molecule has 2 aliphatic rings. The molecule has 2 heterocycles. The molecule has 2 fully saturated rings. The molecule has 1 amide bonds. The molecule has 1 aromatic heterocycles. The van der Waals surface area contributed by atoms with Crippen molar-refractivity contribution in [2.45, 2.75) is 71.3 Å². The van der Waals surface area contributed by atoms with Gasteiger partial charge in [0.2, 0.25) is 5.91 Å². The summed E-state index contributed by atoms with van der Waals surface area (Å²) in [4.78, 5) is 18.2. The van der Waals surface area contributed by atoms with Crippen LogP contribution < -0.4 is 5.32 Å². The number of benzene rings is 1. The summed E-state index contributed by atoms with van der Waals surface area (Å²) in [6.07, 6.45) is 7.88. The van der Waals surface area contributed by atoms with Crippen LogP contribution in [0.5, 0.6) is 0 Å². The molecule has 0 atom stereocenters. The minimum atomic E-state index is 0.00495. The van der Waals surface area contributed by atoms with Crippen LogP contribution in [0.25, 0.3) is 10.9 Å². The van der Waals surface area contributed by atoms with Gasteiger partial charge in [0.15, 0.2) is 0 Å². The summed E-state index contributed by atoms with van der Waals surface area (Å²) in [7, 11) is 0. The van der Waals surface area contributed by atoms with E-state index in [1.54, 1.807) is 6.92 Å². The summed E-state index contributed by atoms with van der Waals surface area (Å²) < 4.78 is 0. The third-order valence-corrected chi connectivity index (χ3v) is 7.17. The van der Waals surface area contributed by atoms with Crippen LogP contribution in [-0.4, -0.2) is 34.9 Å². The van der Waals surface area contributed by atoms with Crippen molar-refractivity contribution >= 4 is 22.5 Å². The Morgan fingerprint density at radius 2 is 1.75 bits per heavy atom. The van der Waals surface area contributed by atoms with Crippen molar-refractivity contribution in [2.24, 2.45) is 11.8 Å². The number of para-hydroxylation sites is 1. The van der Waals surface area contributed by atoms with Gasteiger partial charge in [-0.3, -0.25) is 4.79 Å². The normalized spacial score (nSPS) is 24.7. The maximum absolute atomic E-state index is 11.8. The summed E-state index contributed by atoms with van der Waals surface area (Å²) in [6.45, 7) is 8.71. The predicted octanol–water partition coefficient (Wildman–Crippen LogP) is 5.52. The lowest BCUT2D eigenvalue weighted by molar-refractivity contribution is -0.114. The molecule has 0 spiro atoms. The number of nitrogens with one attached hydrogen (secondary N) is 2. The number of hydrogen-bond donors (Lipinski definition) is 2. The first-order chi connectivity index (χ1) is 13.5. The molecule has 0 unspecified atom stereocenters. The first-order valence-corrected chi connectivity index (χ1v) is 11.1. The summed E-state index contributed by atoms with van der Waals surface area (Å²) in [5.41, 5.74) is 3.34. The third-order valence-electron chi connectivity index (χ3n) is 7.17. The maximum Gasteiger partial charge on any atom is 0.221 e. The molecule has 0 bridgehead atoms. The van der Waals surface area contributed by atoms with Gasteiger partial charge in [0.1, 0.15) is 0 Å². The number of anilines is 1. The van der Waals surface area contributed by atoms with Crippen LogP contribution in [0.1, 0.15) is 70.9 Å². The smallest absolute Gasteiger partial charge is 0.221 e. The molecular weight excluding hydrogens is 346 g/mol. The quantitative estimate of drug-likeness (QED) is 0.732. The van der Waals surface area contributed by atoms with Crippen LogP contribution >= 0.6 is 0 Å². The molecule has 4 nitrogen and oxygen atoms in total. The van der Waals surface area contributed by atoms with Gasteiger partial charge in [-0.15, -0.1) is 0 Å². The fraction of sp³-hybridized carbons (Fsp3) is 0.625. The van der Waals surface area contributed by atoms with Gasteiger partial charge in [0.05, 0.1) is 5.69 Å². The lowest BCUT2D eigenvalue weighted by Crippen LogP contribution is -2.43. The number of carbonyl (C=O) groups is 1. The van der Waals surface area contributed by atoms with Crippen molar-refractivity contribution in [3.05, 3.63) is 30.0 Å². The maximum atomic E-state index is 11.8. The van der Waals surface area contributed by atoms with Crippen LogP contribution in [0.3, 0.4) is 0 Å². The minimum absolute atomic E-state index is 0.00495. The summed E-state index contributed by atoms with van der Waals surface area (Å²) in [5, 5.41) is 4.23. The van der Waals surface area contributed by atoms with E-state index in [9.17, 15) is 4.79 Å². The highest BCUT2D eigenvalue weighted by Gasteiger charge is 2.31. The Balaban J connectivity index is 1.43. The van der Waals surface area contributed by atoms with Crippen molar-refractivity contribution in [3.63, 3.8) is 0 Å². The van der Waals surface area contributed by atoms with E-state index in [0.717, 1.165) is 34.5 Å². The van der Waals surface area contributed by atoms with E-state index in [-0.39, 0.29) is 5.91 Å². The number of piperidine rings is 1. The van der Waals surface area contributed by atoms with Gasteiger partial charge in [-0.05, 0) is 69.5 Å². The molecular formula is C24H35N3O. The Morgan fingerprint density at radius 1 is 1.07 bits per heavy atom. The Kier molecular flexibility index (Phi) is 5.77. The number of hydrogen-bond acceptors (Lipinski definition) is 2. The number of aromatic nitrogens is 1. The fourth-order valence-electron chi connectivity index (χ4n) is 5.47. The van der Waals surface area contributed by atoms with Gasteiger partial charge in [-0.25, -0.2) is 0 Å². The number of rotatable bonds is 4. The van der Waals surface area contributed by atoms with Crippen molar-refractivity contribution in [1.82, 2.24) is 9.88 Å². The number of H-pyrrole nitrogens is 1. The van der Waals surface area contributed by atoms with E-state index in [2.05, 4.69) is 47.2 Å². The molecule has 1 saturated heterocycles. The molecule has 2 aromatic rings. The van der Waals surface area contributed by atoms with Gasteiger partial charge in [0.25, 0.3) is 0 Å². The highest BCUT2D eigenvalue weighted by molar-refractivity contribution is 6.02.